The fraction of sp³-hybridized carbons (Fsp3) is 0.125. The zero-order valence-electron chi connectivity index (χ0n) is 12.1. The molecule has 0 spiro atoms. The van der Waals surface area contributed by atoms with Gasteiger partial charge in [0.05, 0.1) is 24.4 Å². The Morgan fingerprint density at radius 2 is 1.87 bits per heavy atom. The molecule has 0 saturated heterocycles. The Morgan fingerprint density at radius 1 is 1.13 bits per heavy atom. The number of alkyl halides is 1. The van der Waals surface area contributed by atoms with Gasteiger partial charge in [0.2, 0.25) is 0 Å². The third kappa shape index (κ3) is 3.03. The third-order valence-corrected chi connectivity index (χ3v) is 3.55. The summed E-state index contributed by atoms with van der Waals surface area (Å²) in [5.74, 6) is -0.670. The summed E-state index contributed by atoms with van der Waals surface area (Å²) in [6, 6.07) is 10.3. The zero-order valence-corrected chi connectivity index (χ0v) is 12.9. The van der Waals surface area contributed by atoms with Crippen molar-refractivity contribution in [1.82, 2.24) is 15.0 Å². The number of methoxy groups -OCH3 is 1. The Bertz CT molecular complexity index is 831. The summed E-state index contributed by atoms with van der Waals surface area (Å²) in [6.07, 6.45) is 0. The smallest absolute Gasteiger partial charge is 0.126 e. The van der Waals surface area contributed by atoms with E-state index in [0.29, 0.717) is 28.4 Å². The average Bonchev–Trinajstić information content (AvgIpc) is 2.98. The van der Waals surface area contributed by atoms with Crippen LogP contribution in [0.4, 0.5) is 8.78 Å². The lowest BCUT2D eigenvalue weighted by molar-refractivity contribution is 0.414. The van der Waals surface area contributed by atoms with E-state index in [0.717, 1.165) is 6.07 Å². The van der Waals surface area contributed by atoms with Crippen molar-refractivity contribution in [3.8, 4) is 22.7 Å². The Labute approximate surface area is 136 Å². The van der Waals surface area contributed by atoms with Crippen LogP contribution in [-0.4, -0.2) is 22.1 Å². The second kappa shape index (κ2) is 6.34. The van der Waals surface area contributed by atoms with Gasteiger partial charge in [-0.15, -0.1) is 16.7 Å². The van der Waals surface area contributed by atoms with Gasteiger partial charge in [0.15, 0.2) is 0 Å². The minimum absolute atomic E-state index is 0.0669. The number of ether oxygens (including phenoxy) is 1. The molecule has 1 aromatic heterocycles. The monoisotopic (exact) mass is 335 g/mol. The van der Waals surface area contributed by atoms with Crippen molar-refractivity contribution in [2.24, 2.45) is 0 Å². The normalized spacial score (nSPS) is 10.8. The van der Waals surface area contributed by atoms with Gasteiger partial charge < -0.3 is 4.74 Å². The predicted octanol–water partition coefficient (Wildman–Crippen LogP) is 3.96. The first-order chi connectivity index (χ1) is 11.1. The van der Waals surface area contributed by atoms with E-state index in [1.165, 1.54) is 16.8 Å². The van der Waals surface area contributed by atoms with Crippen molar-refractivity contribution >= 4 is 11.6 Å². The minimum atomic E-state index is -0.682. The Kier molecular flexibility index (Phi) is 4.25. The molecule has 0 aliphatic rings. The second-order valence-electron chi connectivity index (χ2n) is 4.79. The topological polar surface area (TPSA) is 39.9 Å². The summed E-state index contributed by atoms with van der Waals surface area (Å²) < 4.78 is 33.8. The molecule has 2 aromatic carbocycles. The van der Waals surface area contributed by atoms with E-state index < -0.39 is 11.6 Å². The lowest BCUT2D eigenvalue weighted by Gasteiger charge is -2.09. The van der Waals surface area contributed by atoms with Gasteiger partial charge in [0.1, 0.15) is 23.1 Å². The summed E-state index contributed by atoms with van der Waals surface area (Å²) in [7, 11) is 1.55. The molecular weight excluding hydrogens is 324 g/mol. The van der Waals surface area contributed by atoms with Crippen LogP contribution in [0.5, 0.6) is 5.75 Å². The number of aromatic nitrogens is 3. The number of benzene rings is 2. The number of hydrogen-bond donors (Lipinski definition) is 0. The number of hydrogen-bond acceptors (Lipinski definition) is 3. The van der Waals surface area contributed by atoms with Crippen LogP contribution in [0.2, 0.25) is 0 Å². The highest BCUT2D eigenvalue weighted by Crippen LogP contribution is 2.28. The number of halogens is 3. The van der Waals surface area contributed by atoms with Crippen molar-refractivity contribution in [2.45, 2.75) is 5.88 Å². The standard InChI is InChI=1S/C16H12ClF2N3O/c1-23-14-4-2-3-13(8-14)22-16(15(9-17)20-21-22)10-5-11(18)7-12(19)6-10/h2-8H,9H2,1H3. The lowest BCUT2D eigenvalue weighted by atomic mass is 10.1. The largest absolute Gasteiger partial charge is 0.497 e. The SMILES string of the molecule is COc1cccc(-n2nnc(CCl)c2-c2cc(F)cc(F)c2)c1. The maximum Gasteiger partial charge on any atom is 0.126 e. The van der Waals surface area contributed by atoms with Crippen LogP contribution in [0.15, 0.2) is 42.5 Å². The molecule has 0 unspecified atom stereocenters. The molecule has 0 radical (unpaired) electrons. The Hall–Kier alpha value is -2.47. The van der Waals surface area contributed by atoms with Gasteiger partial charge in [-0.3, -0.25) is 0 Å². The van der Waals surface area contributed by atoms with E-state index in [1.54, 1.807) is 31.4 Å². The first-order valence-electron chi connectivity index (χ1n) is 6.74. The van der Waals surface area contributed by atoms with E-state index in [4.69, 9.17) is 16.3 Å². The molecule has 0 aliphatic carbocycles. The highest BCUT2D eigenvalue weighted by molar-refractivity contribution is 6.17. The van der Waals surface area contributed by atoms with E-state index >= 15 is 0 Å². The van der Waals surface area contributed by atoms with Gasteiger partial charge in [-0.2, -0.15) is 0 Å². The molecule has 0 bridgehead atoms. The zero-order chi connectivity index (χ0) is 16.4. The van der Waals surface area contributed by atoms with Crippen LogP contribution in [0.1, 0.15) is 5.69 Å². The van der Waals surface area contributed by atoms with Crippen molar-refractivity contribution < 1.29 is 13.5 Å². The molecule has 0 saturated carbocycles. The molecule has 0 N–H and O–H groups in total. The predicted molar refractivity (Wildman–Crippen MR) is 82.8 cm³/mol. The highest BCUT2D eigenvalue weighted by Gasteiger charge is 2.17. The Morgan fingerprint density at radius 3 is 2.52 bits per heavy atom. The molecular formula is C16H12ClF2N3O. The molecule has 3 aromatic rings. The summed E-state index contributed by atoms with van der Waals surface area (Å²) in [5, 5.41) is 8.05. The van der Waals surface area contributed by atoms with Crippen LogP contribution in [0.3, 0.4) is 0 Å². The molecule has 0 aliphatic heterocycles. The van der Waals surface area contributed by atoms with Crippen molar-refractivity contribution in [2.75, 3.05) is 7.11 Å². The van der Waals surface area contributed by atoms with E-state index in [-0.39, 0.29) is 5.88 Å². The molecule has 23 heavy (non-hydrogen) atoms. The molecule has 1 heterocycles. The minimum Gasteiger partial charge on any atom is -0.497 e. The maximum atomic E-state index is 13.6. The van der Waals surface area contributed by atoms with Crippen LogP contribution in [0, 0.1) is 11.6 Å². The first kappa shape index (κ1) is 15.4. The second-order valence-corrected chi connectivity index (χ2v) is 5.06. The van der Waals surface area contributed by atoms with Gasteiger partial charge in [0.25, 0.3) is 0 Å². The fourth-order valence-corrected chi connectivity index (χ4v) is 2.49. The average molecular weight is 336 g/mol. The van der Waals surface area contributed by atoms with Gasteiger partial charge in [-0.05, 0) is 24.3 Å². The number of nitrogens with zero attached hydrogens (tertiary/aromatic N) is 3. The first-order valence-corrected chi connectivity index (χ1v) is 7.27. The van der Waals surface area contributed by atoms with Crippen LogP contribution >= 0.6 is 11.6 Å². The maximum absolute atomic E-state index is 13.6. The fourth-order valence-electron chi connectivity index (χ4n) is 2.31. The summed E-state index contributed by atoms with van der Waals surface area (Å²) in [4.78, 5) is 0. The molecule has 3 rings (SSSR count). The molecule has 0 amide bonds. The summed E-state index contributed by atoms with van der Waals surface area (Å²) >= 11 is 5.89. The van der Waals surface area contributed by atoms with Gasteiger partial charge in [0, 0.05) is 17.7 Å². The highest BCUT2D eigenvalue weighted by atomic mass is 35.5. The molecule has 7 heteroatoms. The summed E-state index contributed by atoms with van der Waals surface area (Å²) in [5.41, 5.74) is 1.82. The van der Waals surface area contributed by atoms with Crippen LogP contribution < -0.4 is 4.74 Å². The Balaban J connectivity index is 2.21. The van der Waals surface area contributed by atoms with Crippen LogP contribution in [0.25, 0.3) is 16.9 Å². The van der Waals surface area contributed by atoms with Crippen LogP contribution in [-0.2, 0) is 5.88 Å². The van der Waals surface area contributed by atoms with Crippen molar-refractivity contribution in [1.29, 1.82) is 0 Å². The van der Waals surface area contributed by atoms with E-state index in [9.17, 15) is 8.78 Å². The van der Waals surface area contributed by atoms with Crippen molar-refractivity contribution in [3.05, 3.63) is 59.8 Å². The molecule has 118 valence electrons. The third-order valence-electron chi connectivity index (χ3n) is 3.30. The molecule has 0 fully saturated rings. The van der Waals surface area contributed by atoms with E-state index in [2.05, 4.69) is 10.3 Å². The van der Waals surface area contributed by atoms with Gasteiger partial charge in [-0.25, -0.2) is 13.5 Å². The lowest BCUT2D eigenvalue weighted by Crippen LogP contribution is -2.01. The number of rotatable bonds is 4. The van der Waals surface area contributed by atoms with Gasteiger partial charge in [-0.1, -0.05) is 11.3 Å². The van der Waals surface area contributed by atoms with Gasteiger partial charge >= 0.3 is 0 Å². The van der Waals surface area contributed by atoms with Crippen molar-refractivity contribution in [3.63, 3.8) is 0 Å². The quantitative estimate of drug-likeness (QED) is 0.677. The molecule has 0 atom stereocenters. The molecule has 4 nitrogen and oxygen atoms in total. The van der Waals surface area contributed by atoms with E-state index in [1.807, 2.05) is 0 Å². The summed E-state index contributed by atoms with van der Waals surface area (Å²) in [6.45, 7) is 0.